The third-order valence-corrected chi connectivity index (χ3v) is 3.42. The molecule has 0 heterocycles. The summed E-state index contributed by atoms with van der Waals surface area (Å²) in [6.07, 6.45) is 0. The van der Waals surface area contributed by atoms with Crippen LogP contribution in [0.5, 0.6) is 0 Å². The molecule has 0 aliphatic rings. The van der Waals surface area contributed by atoms with E-state index in [-0.39, 0.29) is 15.7 Å². The normalized spacial score (nSPS) is 12.3. The van der Waals surface area contributed by atoms with Crippen molar-refractivity contribution in [2.75, 3.05) is 5.32 Å². The fourth-order valence-electron chi connectivity index (χ4n) is 1.80. The fraction of sp³-hybridized carbons (Fsp3) is 0.143. The summed E-state index contributed by atoms with van der Waals surface area (Å²) >= 11 is 2.95. The van der Waals surface area contributed by atoms with E-state index in [9.17, 15) is 17.6 Å². The first-order valence-electron chi connectivity index (χ1n) is 5.74. The predicted octanol–water partition coefficient (Wildman–Crippen LogP) is 5.18. The van der Waals surface area contributed by atoms with E-state index >= 15 is 0 Å². The molecule has 20 heavy (non-hydrogen) atoms. The second-order valence-electron chi connectivity index (χ2n) is 4.28. The Morgan fingerprint density at radius 3 is 2.30 bits per heavy atom. The Kier molecular flexibility index (Phi) is 4.32. The minimum Gasteiger partial charge on any atom is -0.376 e. The maximum atomic E-state index is 13.6. The molecular weight excluding hydrogens is 338 g/mol. The highest BCUT2D eigenvalue weighted by Gasteiger charge is 2.15. The van der Waals surface area contributed by atoms with E-state index in [1.54, 1.807) is 6.92 Å². The van der Waals surface area contributed by atoms with Crippen LogP contribution in [0.1, 0.15) is 18.5 Å². The lowest BCUT2D eigenvalue weighted by Gasteiger charge is -2.17. The first-order chi connectivity index (χ1) is 9.38. The molecule has 0 bridgehead atoms. The topological polar surface area (TPSA) is 12.0 Å². The van der Waals surface area contributed by atoms with Crippen LogP contribution in [0.2, 0.25) is 0 Å². The third-order valence-electron chi connectivity index (χ3n) is 2.81. The summed E-state index contributed by atoms with van der Waals surface area (Å²) in [7, 11) is 0. The quantitative estimate of drug-likeness (QED) is 0.595. The lowest BCUT2D eigenvalue weighted by molar-refractivity contribution is 0.562. The summed E-state index contributed by atoms with van der Waals surface area (Å²) in [5, 5.41) is 2.72. The smallest absolute Gasteiger partial charge is 0.149 e. The minimum absolute atomic E-state index is 0.0227. The van der Waals surface area contributed by atoms with Gasteiger partial charge in [0.15, 0.2) is 0 Å². The van der Waals surface area contributed by atoms with Crippen LogP contribution in [0.4, 0.5) is 23.2 Å². The molecule has 2 rings (SSSR count). The standard InChI is InChI=1S/C14H10BrF4N/c1-7(9-3-2-8(16)4-11(9)17)20-14-5-10(15)12(18)6-13(14)19/h2-7,20H,1H3. The number of rotatable bonds is 3. The highest BCUT2D eigenvalue weighted by molar-refractivity contribution is 9.10. The van der Waals surface area contributed by atoms with Crippen LogP contribution in [0.15, 0.2) is 34.8 Å². The molecule has 0 aliphatic heterocycles. The van der Waals surface area contributed by atoms with Gasteiger partial charge in [-0.1, -0.05) is 6.07 Å². The summed E-state index contributed by atoms with van der Waals surface area (Å²) in [6, 6.07) is 4.49. The molecule has 0 aromatic heterocycles. The number of benzene rings is 2. The van der Waals surface area contributed by atoms with Crippen LogP contribution in [0, 0.1) is 23.3 Å². The summed E-state index contributed by atoms with van der Waals surface area (Å²) < 4.78 is 53.2. The van der Waals surface area contributed by atoms with Crippen LogP contribution in [-0.2, 0) is 0 Å². The molecule has 2 aromatic rings. The molecule has 0 spiro atoms. The van der Waals surface area contributed by atoms with Crippen molar-refractivity contribution in [2.45, 2.75) is 13.0 Å². The third kappa shape index (κ3) is 3.12. The van der Waals surface area contributed by atoms with E-state index < -0.39 is 29.3 Å². The second kappa shape index (κ2) is 5.83. The Bertz CT molecular complexity index is 645. The van der Waals surface area contributed by atoms with Gasteiger partial charge in [0.1, 0.15) is 23.3 Å². The number of anilines is 1. The number of hydrogen-bond acceptors (Lipinski definition) is 1. The first-order valence-corrected chi connectivity index (χ1v) is 6.54. The minimum atomic E-state index is -0.792. The van der Waals surface area contributed by atoms with Gasteiger partial charge in [-0.2, -0.15) is 0 Å². The van der Waals surface area contributed by atoms with Gasteiger partial charge in [-0.15, -0.1) is 0 Å². The monoisotopic (exact) mass is 347 g/mol. The van der Waals surface area contributed by atoms with E-state index in [0.717, 1.165) is 18.2 Å². The molecule has 0 saturated carbocycles. The van der Waals surface area contributed by atoms with Gasteiger partial charge in [-0.3, -0.25) is 0 Å². The molecule has 0 fully saturated rings. The molecule has 0 aliphatic carbocycles. The van der Waals surface area contributed by atoms with E-state index in [0.29, 0.717) is 0 Å². The van der Waals surface area contributed by atoms with Crippen molar-refractivity contribution >= 4 is 21.6 Å². The molecule has 106 valence electrons. The Labute approximate surface area is 121 Å². The van der Waals surface area contributed by atoms with Crippen molar-refractivity contribution in [2.24, 2.45) is 0 Å². The predicted molar refractivity (Wildman–Crippen MR) is 72.5 cm³/mol. The second-order valence-corrected chi connectivity index (χ2v) is 5.13. The summed E-state index contributed by atoms with van der Waals surface area (Å²) in [6.45, 7) is 1.59. The lowest BCUT2D eigenvalue weighted by atomic mass is 10.1. The van der Waals surface area contributed by atoms with Crippen molar-refractivity contribution in [3.8, 4) is 0 Å². The van der Waals surface area contributed by atoms with Gasteiger partial charge >= 0.3 is 0 Å². The van der Waals surface area contributed by atoms with Gasteiger partial charge < -0.3 is 5.32 Å². The first kappa shape index (κ1) is 14.8. The summed E-state index contributed by atoms with van der Waals surface area (Å²) in [5.74, 6) is -2.94. The zero-order valence-electron chi connectivity index (χ0n) is 10.4. The van der Waals surface area contributed by atoms with Crippen LogP contribution >= 0.6 is 15.9 Å². The zero-order valence-corrected chi connectivity index (χ0v) is 11.9. The Morgan fingerprint density at radius 2 is 1.65 bits per heavy atom. The molecule has 1 nitrogen and oxygen atoms in total. The van der Waals surface area contributed by atoms with Gasteiger partial charge in [0.05, 0.1) is 16.2 Å². The van der Waals surface area contributed by atoms with Gasteiger partial charge in [0, 0.05) is 17.7 Å². The molecule has 2 aromatic carbocycles. The van der Waals surface area contributed by atoms with Crippen molar-refractivity contribution in [3.63, 3.8) is 0 Å². The highest BCUT2D eigenvalue weighted by atomic mass is 79.9. The molecule has 0 amide bonds. The summed E-state index contributed by atoms with van der Waals surface area (Å²) in [4.78, 5) is 0. The molecule has 0 radical (unpaired) electrons. The van der Waals surface area contributed by atoms with Gasteiger partial charge in [-0.05, 0) is 35.0 Å². The summed E-state index contributed by atoms with van der Waals surface area (Å²) in [5.41, 5.74) is 0.209. The fourth-order valence-corrected chi connectivity index (χ4v) is 2.14. The van der Waals surface area contributed by atoms with E-state index in [1.807, 2.05) is 0 Å². The Balaban J connectivity index is 2.27. The van der Waals surface area contributed by atoms with Crippen LogP contribution in [-0.4, -0.2) is 0 Å². The van der Waals surface area contributed by atoms with Crippen molar-refractivity contribution in [1.82, 2.24) is 0 Å². The van der Waals surface area contributed by atoms with Crippen molar-refractivity contribution in [1.29, 1.82) is 0 Å². The number of halogens is 5. The van der Waals surface area contributed by atoms with Crippen molar-refractivity contribution in [3.05, 3.63) is 63.6 Å². The van der Waals surface area contributed by atoms with E-state index in [1.165, 1.54) is 12.1 Å². The zero-order chi connectivity index (χ0) is 14.9. The molecule has 6 heteroatoms. The Morgan fingerprint density at radius 1 is 0.950 bits per heavy atom. The van der Waals surface area contributed by atoms with Crippen molar-refractivity contribution < 1.29 is 17.6 Å². The Hall–Kier alpha value is -1.56. The maximum Gasteiger partial charge on any atom is 0.149 e. The highest BCUT2D eigenvalue weighted by Crippen LogP contribution is 2.28. The van der Waals surface area contributed by atoms with Crippen LogP contribution in [0.3, 0.4) is 0 Å². The van der Waals surface area contributed by atoms with Gasteiger partial charge in [0.25, 0.3) is 0 Å². The van der Waals surface area contributed by atoms with Gasteiger partial charge in [0.2, 0.25) is 0 Å². The molecule has 1 N–H and O–H groups in total. The average molecular weight is 348 g/mol. The molecule has 0 saturated heterocycles. The molecule has 1 unspecified atom stereocenters. The largest absolute Gasteiger partial charge is 0.376 e. The molecule has 1 atom stereocenters. The number of nitrogens with one attached hydrogen (secondary N) is 1. The van der Waals surface area contributed by atoms with E-state index in [4.69, 9.17) is 0 Å². The maximum absolute atomic E-state index is 13.6. The molecular formula is C14H10BrF4N. The van der Waals surface area contributed by atoms with Gasteiger partial charge in [-0.25, -0.2) is 17.6 Å². The van der Waals surface area contributed by atoms with Crippen LogP contribution in [0.25, 0.3) is 0 Å². The van der Waals surface area contributed by atoms with Crippen LogP contribution < -0.4 is 5.32 Å². The van der Waals surface area contributed by atoms with E-state index in [2.05, 4.69) is 21.2 Å². The average Bonchev–Trinajstić information content (AvgIpc) is 2.35. The number of hydrogen-bond donors (Lipinski definition) is 1. The lowest BCUT2D eigenvalue weighted by Crippen LogP contribution is -2.10. The SMILES string of the molecule is CC(Nc1cc(Br)c(F)cc1F)c1ccc(F)cc1F.